The summed E-state index contributed by atoms with van der Waals surface area (Å²) in [6.45, 7) is 7.44. The van der Waals surface area contributed by atoms with E-state index in [1.165, 1.54) is 56.6 Å². The third-order valence-electron chi connectivity index (χ3n) is 3.22. The van der Waals surface area contributed by atoms with Crippen LogP contribution in [0.4, 0.5) is 0 Å². The summed E-state index contributed by atoms with van der Waals surface area (Å²) in [5, 5.41) is 4.47. The van der Waals surface area contributed by atoms with E-state index in [9.17, 15) is 0 Å². The molecule has 0 aliphatic rings. The first-order valence-corrected chi connectivity index (χ1v) is 11.7. The summed E-state index contributed by atoms with van der Waals surface area (Å²) in [6, 6.07) is 3.78. The lowest BCUT2D eigenvalue weighted by atomic mass is 10.1. The number of aryl methyl sites for hydroxylation is 1. The van der Waals surface area contributed by atoms with Crippen LogP contribution in [0, 0.1) is 0 Å². The number of unbranched alkanes of at least 4 members (excludes halogenated alkanes) is 5. The number of hydrogen-bond acceptors (Lipinski definition) is 1. The Hall–Kier alpha value is -0.0831. The van der Waals surface area contributed by atoms with Crippen molar-refractivity contribution in [2.45, 2.75) is 70.6 Å². The summed E-state index contributed by atoms with van der Waals surface area (Å²) < 4.78 is 0. The van der Waals surface area contributed by atoms with Gasteiger partial charge in [-0.1, -0.05) is 57.8 Å². The van der Waals surface area contributed by atoms with Gasteiger partial charge in [0.25, 0.3) is 0 Å². The molecular formula is C15H28SSi. The van der Waals surface area contributed by atoms with E-state index in [1.807, 2.05) is 11.3 Å². The van der Waals surface area contributed by atoms with E-state index in [1.54, 1.807) is 0 Å². The van der Waals surface area contributed by atoms with Gasteiger partial charge in [-0.25, -0.2) is 0 Å². The third kappa shape index (κ3) is 8.61. The average Bonchev–Trinajstić information content (AvgIpc) is 2.73. The molecule has 1 aromatic heterocycles. The molecular weight excluding hydrogens is 240 g/mol. The zero-order chi connectivity index (χ0) is 12.6. The quantitative estimate of drug-likeness (QED) is 0.382. The van der Waals surface area contributed by atoms with Crippen molar-refractivity contribution in [1.82, 2.24) is 0 Å². The second-order valence-corrected chi connectivity index (χ2v) is 12.7. The van der Waals surface area contributed by atoms with E-state index in [2.05, 4.69) is 36.5 Å². The number of rotatable bonds is 9. The lowest BCUT2D eigenvalue weighted by molar-refractivity contribution is 0.606. The molecule has 0 radical (unpaired) electrons. The number of hydrogen-bond donors (Lipinski definition) is 0. The molecule has 0 bridgehead atoms. The first kappa shape index (κ1) is 15.0. The van der Waals surface area contributed by atoms with Gasteiger partial charge >= 0.3 is 0 Å². The first-order chi connectivity index (χ1) is 8.08. The number of thiophene rings is 1. The van der Waals surface area contributed by atoms with Crippen LogP contribution in [-0.2, 0) is 6.42 Å². The van der Waals surface area contributed by atoms with Crippen LogP contribution in [0.1, 0.15) is 44.1 Å². The molecule has 0 fully saturated rings. The smallest absolute Gasteiger partial charge is 0.0442 e. The van der Waals surface area contributed by atoms with E-state index in [4.69, 9.17) is 0 Å². The Kier molecular flexibility index (Phi) is 7.13. The molecule has 0 unspecified atom stereocenters. The highest BCUT2D eigenvalue weighted by Crippen LogP contribution is 2.16. The average molecular weight is 269 g/mol. The molecule has 1 heterocycles. The molecule has 2 heteroatoms. The molecule has 0 nitrogen and oxygen atoms in total. The highest BCUT2D eigenvalue weighted by Gasteiger charge is 2.11. The van der Waals surface area contributed by atoms with Crippen LogP contribution in [0.25, 0.3) is 0 Å². The van der Waals surface area contributed by atoms with Gasteiger partial charge in [-0.3, -0.25) is 0 Å². The van der Waals surface area contributed by atoms with Crippen LogP contribution in [-0.4, -0.2) is 8.07 Å². The molecule has 0 atom stereocenters. The largest absolute Gasteiger partial charge is 0.152 e. The first-order valence-electron chi connectivity index (χ1n) is 7.09. The molecule has 0 aromatic carbocycles. The highest BCUT2D eigenvalue weighted by molar-refractivity contribution is 7.07. The van der Waals surface area contributed by atoms with Gasteiger partial charge in [0.05, 0.1) is 0 Å². The fourth-order valence-corrected chi connectivity index (χ4v) is 4.14. The van der Waals surface area contributed by atoms with E-state index in [-0.39, 0.29) is 0 Å². The van der Waals surface area contributed by atoms with Gasteiger partial charge in [0.2, 0.25) is 0 Å². The van der Waals surface area contributed by atoms with Gasteiger partial charge in [0.1, 0.15) is 0 Å². The van der Waals surface area contributed by atoms with Crippen LogP contribution >= 0.6 is 11.3 Å². The van der Waals surface area contributed by atoms with Crippen molar-refractivity contribution in [1.29, 1.82) is 0 Å². The van der Waals surface area contributed by atoms with Crippen LogP contribution in [0.15, 0.2) is 16.8 Å². The molecule has 98 valence electrons. The van der Waals surface area contributed by atoms with Gasteiger partial charge < -0.3 is 0 Å². The zero-order valence-corrected chi connectivity index (χ0v) is 13.6. The predicted octanol–water partition coefficient (Wildman–Crippen LogP) is 5.97. The van der Waals surface area contributed by atoms with Crippen molar-refractivity contribution >= 4 is 19.4 Å². The lowest BCUT2D eigenvalue weighted by Gasteiger charge is -2.14. The molecule has 0 aliphatic heterocycles. The molecule has 0 saturated carbocycles. The van der Waals surface area contributed by atoms with Crippen molar-refractivity contribution < 1.29 is 0 Å². The maximum absolute atomic E-state index is 2.48. The zero-order valence-electron chi connectivity index (χ0n) is 11.8. The van der Waals surface area contributed by atoms with Gasteiger partial charge in [-0.2, -0.15) is 11.3 Å². The van der Waals surface area contributed by atoms with Crippen LogP contribution in [0.2, 0.25) is 25.7 Å². The Morgan fingerprint density at radius 1 is 0.941 bits per heavy atom. The van der Waals surface area contributed by atoms with Crippen molar-refractivity contribution in [3.05, 3.63) is 22.4 Å². The van der Waals surface area contributed by atoms with Crippen LogP contribution in [0.5, 0.6) is 0 Å². The van der Waals surface area contributed by atoms with E-state index < -0.39 is 8.07 Å². The van der Waals surface area contributed by atoms with Crippen molar-refractivity contribution in [3.63, 3.8) is 0 Å². The molecule has 0 spiro atoms. The molecule has 17 heavy (non-hydrogen) atoms. The monoisotopic (exact) mass is 268 g/mol. The summed E-state index contributed by atoms with van der Waals surface area (Å²) in [4.78, 5) is 0. The van der Waals surface area contributed by atoms with Crippen LogP contribution in [0.3, 0.4) is 0 Å². The molecule has 0 amide bonds. The summed E-state index contributed by atoms with van der Waals surface area (Å²) >= 11 is 1.82. The molecule has 0 aliphatic carbocycles. The molecule has 0 saturated heterocycles. The Morgan fingerprint density at radius 2 is 1.59 bits per heavy atom. The Bertz CT molecular complexity index is 272. The van der Waals surface area contributed by atoms with Crippen molar-refractivity contribution in [2.75, 3.05) is 0 Å². The fourth-order valence-electron chi connectivity index (χ4n) is 2.13. The standard InChI is InChI=1S/C15H28SSi/c1-17(2,3)13-9-7-5-4-6-8-10-15-11-12-16-14-15/h11-12,14H,4-10,13H2,1-3H3. The van der Waals surface area contributed by atoms with Gasteiger partial charge in [0, 0.05) is 8.07 Å². The molecule has 0 N–H and O–H groups in total. The van der Waals surface area contributed by atoms with E-state index >= 15 is 0 Å². The van der Waals surface area contributed by atoms with Gasteiger partial charge in [-0.05, 0) is 35.2 Å². The van der Waals surface area contributed by atoms with E-state index in [0.717, 1.165) is 0 Å². The Labute approximate surface area is 112 Å². The van der Waals surface area contributed by atoms with Crippen molar-refractivity contribution in [2.24, 2.45) is 0 Å². The van der Waals surface area contributed by atoms with E-state index in [0.29, 0.717) is 0 Å². The summed E-state index contributed by atoms with van der Waals surface area (Å²) in [7, 11) is -0.768. The topological polar surface area (TPSA) is 0 Å². The second kappa shape index (κ2) is 8.10. The van der Waals surface area contributed by atoms with Gasteiger partial charge in [0.15, 0.2) is 0 Å². The van der Waals surface area contributed by atoms with Gasteiger partial charge in [-0.15, -0.1) is 0 Å². The van der Waals surface area contributed by atoms with Crippen molar-refractivity contribution in [3.8, 4) is 0 Å². The Morgan fingerprint density at radius 3 is 2.18 bits per heavy atom. The minimum absolute atomic E-state index is 0.768. The maximum atomic E-state index is 2.48. The minimum Gasteiger partial charge on any atom is -0.152 e. The normalized spacial score (nSPS) is 11.9. The minimum atomic E-state index is -0.768. The fraction of sp³-hybridized carbons (Fsp3) is 0.733. The third-order valence-corrected chi connectivity index (χ3v) is 5.81. The molecule has 1 aromatic rings. The SMILES string of the molecule is C[Si](C)(C)CCCCCCCCc1ccsc1. The maximum Gasteiger partial charge on any atom is 0.0442 e. The summed E-state index contributed by atoms with van der Waals surface area (Å²) in [5.41, 5.74) is 1.54. The summed E-state index contributed by atoms with van der Waals surface area (Å²) in [5.74, 6) is 0. The highest BCUT2D eigenvalue weighted by atomic mass is 32.1. The molecule has 1 rings (SSSR count). The van der Waals surface area contributed by atoms with Crippen LogP contribution < -0.4 is 0 Å². The predicted molar refractivity (Wildman–Crippen MR) is 83.9 cm³/mol. The summed E-state index contributed by atoms with van der Waals surface area (Å²) in [6.07, 6.45) is 9.92. The lowest BCUT2D eigenvalue weighted by Crippen LogP contribution is -2.18. The Balaban J connectivity index is 1.85. The second-order valence-electron chi connectivity index (χ2n) is 6.31.